The first-order valence-electron chi connectivity index (χ1n) is 5.09. The molecule has 0 aliphatic carbocycles. The topological polar surface area (TPSA) is 78.2 Å². The molecule has 2 aromatic rings. The van der Waals surface area contributed by atoms with Crippen molar-refractivity contribution in [1.82, 2.24) is 9.97 Å². The highest BCUT2D eigenvalue weighted by molar-refractivity contribution is 9.10. The van der Waals surface area contributed by atoms with Crippen LogP contribution in [-0.4, -0.2) is 14.9 Å². The lowest BCUT2D eigenvalue weighted by Gasteiger charge is -2.06. The Morgan fingerprint density at radius 1 is 1.32 bits per heavy atom. The maximum Gasteiger partial charge on any atom is 0.321 e. The summed E-state index contributed by atoms with van der Waals surface area (Å²) in [5.41, 5.74) is 0.833. The molecule has 1 heterocycles. The van der Waals surface area contributed by atoms with Gasteiger partial charge in [0, 0.05) is 23.8 Å². The predicted molar refractivity (Wildman–Crippen MR) is 75.5 cm³/mol. The molecule has 0 N–H and O–H groups in total. The monoisotopic (exact) mass is 387 g/mol. The van der Waals surface area contributed by atoms with E-state index in [1.807, 2.05) is 0 Å². The summed E-state index contributed by atoms with van der Waals surface area (Å²) in [7, 11) is 0. The van der Waals surface area contributed by atoms with E-state index in [1.54, 1.807) is 18.5 Å². The molecule has 0 saturated carbocycles. The van der Waals surface area contributed by atoms with E-state index in [1.165, 1.54) is 12.1 Å². The van der Waals surface area contributed by atoms with Gasteiger partial charge in [0.15, 0.2) is 5.75 Å². The van der Waals surface area contributed by atoms with Gasteiger partial charge in [-0.05, 0) is 27.6 Å². The summed E-state index contributed by atoms with van der Waals surface area (Å²) in [6, 6.07) is 4.64. The van der Waals surface area contributed by atoms with Gasteiger partial charge in [0.2, 0.25) is 0 Å². The van der Waals surface area contributed by atoms with Crippen LogP contribution in [0.5, 0.6) is 11.8 Å². The van der Waals surface area contributed by atoms with Crippen molar-refractivity contribution < 1.29 is 9.66 Å². The third kappa shape index (κ3) is 3.27. The Bertz CT molecular complexity index is 605. The lowest BCUT2D eigenvalue weighted by Crippen LogP contribution is -1.95. The quantitative estimate of drug-likeness (QED) is 0.451. The lowest BCUT2D eigenvalue weighted by atomic mass is 10.3. The van der Waals surface area contributed by atoms with E-state index < -0.39 is 4.92 Å². The third-order valence-corrected chi connectivity index (χ3v) is 3.62. The van der Waals surface area contributed by atoms with Gasteiger partial charge in [-0.2, -0.15) is 0 Å². The van der Waals surface area contributed by atoms with Gasteiger partial charge in [0.1, 0.15) is 4.47 Å². The van der Waals surface area contributed by atoms with Gasteiger partial charge in [0.05, 0.1) is 4.92 Å². The molecule has 0 amide bonds. The number of ether oxygens (including phenoxy) is 1. The SMILES string of the molecule is O=[N+]([O-])c1cccc(Oc2ncc(CBr)cn2)c1Br. The molecule has 0 aliphatic heterocycles. The van der Waals surface area contributed by atoms with Crippen molar-refractivity contribution in [1.29, 1.82) is 0 Å². The van der Waals surface area contributed by atoms with Crippen LogP contribution in [0.15, 0.2) is 35.1 Å². The number of halogens is 2. The van der Waals surface area contributed by atoms with Crippen LogP contribution in [0.4, 0.5) is 5.69 Å². The van der Waals surface area contributed by atoms with Crippen LogP contribution < -0.4 is 4.74 Å². The Hall–Kier alpha value is -1.54. The lowest BCUT2D eigenvalue weighted by molar-refractivity contribution is -0.385. The van der Waals surface area contributed by atoms with Gasteiger partial charge >= 0.3 is 6.01 Å². The molecule has 0 saturated heterocycles. The van der Waals surface area contributed by atoms with Crippen LogP contribution in [0.3, 0.4) is 0 Å². The van der Waals surface area contributed by atoms with E-state index >= 15 is 0 Å². The van der Waals surface area contributed by atoms with Crippen molar-refractivity contribution in [3.63, 3.8) is 0 Å². The highest BCUT2D eigenvalue weighted by Crippen LogP contribution is 2.35. The van der Waals surface area contributed by atoms with E-state index in [4.69, 9.17) is 4.74 Å². The number of benzene rings is 1. The second-order valence-corrected chi connectivity index (χ2v) is 4.81. The summed E-state index contributed by atoms with van der Waals surface area (Å²) in [5, 5.41) is 11.4. The molecular formula is C11H7Br2N3O3. The number of alkyl halides is 1. The van der Waals surface area contributed by atoms with Crippen molar-refractivity contribution in [3.05, 3.63) is 50.7 Å². The highest BCUT2D eigenvalue weighted by Gasteiger charge is 2.16. The summed E-state index contributed by atoms with van der Waals surface area (Å²) in [6.45, 7) is 0. The highest BCUT2D eigenvalue weighted by atomic mass is 79.9. The first-order chi connectivity index (χ1) is 9.11. The third-order valence-electron chi connectivity index (χ3n) is 2.18. The molecule has 98 valence electrons. The van der Waals surface area contributed by atoms with Gasteiger partial charge in [-0.25, -0.2) is 9.97 Å². The minimum Gasteiger partial charge on any atom is -0.423 e. The van der Waals surface area contributed by atoms with E-state index in [0.29, 0.717) is 11.1 Å². The van der Waals surface area contributed by atoms with Crippen molar-refractivity contribution >= 4 is 37.5 Å². The number of nitro benzene ring substituents is 1. The largest absolute Gasteiger partial charge is 0.423 e. The van der Waals surface area contributed by atoms with Crippen LogP contribution in [0.2, 0.25) is 0 Å². The molecule has 19 heavy (non-hydrogen) atoms. The number of nitro groups is 1. The van der Waals surface area contributed by atoms with Crippen molar-refractivity contribution in [2.45, 2.75) is 5.33 Å². The van der Waals surface area contributed by atoms with Crippen molar-refractivity contribution in [2.75, 3.05) is 0 Å². The Morgan fingerprint density at radius 3 is 2.58 bits per heavy atom. The summed E-state index contributed by atoms with van der Waals surface area (Å²) in [5.74, 6) is 0.292. The van der Waals surface area contributed by atoms with Crippen molar-refractivity contribution in [2.24, 2.45) is 0 Å². The minimum absolute atomic E-state index is 0.0745. The predicted octanol–water partition coefficient (Wildman–Crippen LogP) is 3.83. The maximum atomic E-state index is 10.8. The van der Waals surface area contributed by atoms with Gasteiger partial charge in [-0.1, -0.05) is 22.0 Å². The standard InChI is InChI=1S/C11H7Br2N3O3/c12-4-7-5-14-11(15-6-7)19-9-3-1-2-8(10(9)13)16(17)18/h1-3,5-6H,4H2. The summed E-state index contributed by atoms with van der Waals surface area (Å²) in [4.78, 5) is 18.3. The Morgan fingerprint density at radius 2 is 2.00 bits per heavy atom. The minimum atomic E-state index is -0.494. The fraction of sp³-hybridized carbons (Fsp3) is 0.0909. The molecule has 6 nitrogen and oxygen atoms in total. The number of aromatic nitrogens is 2. The van der Waals surface area contributed by atoms with E-state index in [2.05, 4.69) is 41.8 Å². The molecule has 2 rings (SSSR count). The fourth-order valence-electron chi connectivity index (χ4n) is 1.28. The summed E-state index contributed by atoms with van der Waals surface area (Å²) >= 11 is 6.42. The molecule has 0 atom stereocenters. The fourth-order valence-corrected chi connectivity index (χ4v) is 2.06. The zero-order valence-corrected chi connectivity index (χ0v) is 12.6. The Labute approximate surface area is 125 Å². The smallest absolute Gasteiger partial charge is 0.321 e. The van der Waals surface area contributed by atoms with E-state index in [-0.39, 0.29) is 16.2 Å². The average molecular weight is 389 g/mol. The van der Waals surface area contributed by atoms with Gasteiger partial charge < -0.3 is 4.74 Å². The maximum absolute atomic E-state index is 10.8. The van der Waals surface area contributed by atoms with E-state index in [0.717, 1.165) is 5.56 Å². The molecule has 0 bridgehead atoms. The molecular weight excluding hydrogens is 382 g/mol. The molecule has 0 fully saturated rings. The Kier molecular flexibility index (Phi) is 4.43. The normalized spacial score (nSPS) is 10.2. The Balaban J connectivity index is 2.27. The van der Waals surface area contributed by atoms with E-state index in [9.17, 15) is 10.1 Å². The molecule has 0 unspecified atom stereocenters. The zero-order chi connectivity index (χ0) is 13.8. The van der Waals surface area contributed by atoms with Gasteiger partial charge in [-0.15, -0.1) is 0 Å². The van der Waals surface area contributed by atoms with Crippen LogP contribution >= 0.6 is 31.9 Å². The zero-order valence-electron chi connectivity index (χ0n) is 9.42. The molecule has 0 spiro atoms. The molecule has 0 radical (unpaired) electrons. The number of nitrogens with zero attached hydrogens (tertiary/aromatic N) is 3. The molecule has 1 aromatic heterocycles. The second kappa shape index (κ2) is 6.07. The van der Waals surface area contributed by atoms with Crippen LogP contribution in [0.1, 0.15) is 5.56 Å². The van der Waals surface area contributed by atoms with Crippen LogP contribution in [-0.2, 0) is 5.33 Å². The van der Waals surface area contributed by atoms with Crippen LogP contribution in [0, 0.1) is 10.1 Å². The number of hydrogen-bond donors (Lipinski definition) is 0. The first-order valence-corrected chi connectivity index (χ1v) is 7.01. The molecule has 1 aromatic carbocycles. The van der Waals surface area contributed by atoms with Crippen molar-refractivity contribution in [3.8, 4) is 11.8 Å². The van der Waals surface area contributed by atoms with Gasteiger partial charge in [-0.3, -0.25) is 10.1 Å². The molecule has 8 heteroatoms. The molecule has 0 aliphatic rings. The summed E-state index contributed by atoms with van der Waals surface area (Å²) < 4.78 is 5.67. The second-order valence-electron chi connectivity index (χ2n) is 3.46. The first kappa shape index (κ1) is 13.9. The number of rotatable bonds is 4. The average Bonchev–Trinajstić information content (AvgIpc) is 2.41. The van der Waals surface area contributed by atoms with Gasteiger partial charge in [0.25, 0.3) is 5.69 Å². The van der Waals surface area contributed by atoms with Crippen LogP contribution in [0.25, 0.3) is 0 Å². The number of hydrogen-bond acceptors (Lipinski definition) is 5. The summed E-state index contributed by atoms with van der Waals surface area (Å²) in [6.07, 6.45) is 3.23.